The zero-order valence-electron chi connectivity index (χ0n) is 27.7. The van der Waals surface area contributed by atoms with Crippen LogP contribution < -0.4 is 5.32 Å². The van der Waals surface area contributed by atoms with Gasteiger partial charge in [-0.3, -0.25) is 19.2 Å². The Morgan fingerprint density at radius 3 is 2.20 bits per heavy atom. The van der Waals surface area contributed by atoms with E-state index < -0.39 is 128 Å². The van der Waals surface area contributed by atoms with E-state index in [0.29, 0.717) is 0 Å². The molecule has 8 atom stereocenters. The maximum absolute atomic E-state index is 14.6. The molecule has 16 nitrogen and oxygen atoms in total. The van der Waals surface area contributed by atoms with Crippen LogP contribution in [0, 0.1) is 6.92 Å². The summed E-state index contributed by atoms with van der Waals surface area (Å²) in [6, 6.07) is 2.18. The summed E-state index contributed by atoms with van der Waals surface area (Å²) in [4.78, 5) is 69.1. The summed E-state index contributed by atoms with van der Waals surface area (Å²) in [5.74, 6) is -7.67. The Balaban J connectivity index is 1.51. The van der Waals surface area contributed by atoms with Gasteiger partial charge in [0.15, 0.2) is 23.2 Å². The minimum Gasteiger partial charge on any atom is -0.507 e. The molecule has 0 radical (unpaired) electrons. The van der Waals surface area contributed by atoms with E-state index in [2.05, 4.69) is 5.32 Å². The summed E-state index contributed by atoms with van der Waals surface area (Å²) in [5, 5.41) is 60.3. The van der Waals surface area contributed by atoms with Crippen LogP contribution in [0.25, 0.3) is 0 Å². The number of methoxy groups -OCH3 is 4. The molecule has 3 aliphatic carbocycles. The first kappa shape index (κ1) is 35.3. The van der Waals surface area contributed by atoms with Crippen molar-refractivity contribution >= 4 is 29.1 Å². The second kappa shape index (κ2) is 12.1. The largest absolute Gasteiger partial charge is 0.507 e. The zero-order valence-corrected chi connectivity index (χ0v) is 27.7. The number of phenols is 2. The Kier molecular flexibility index (Phi) is 8.50. The fourth-order valence-electron chi connectivity index (χ4n) is 7.85. The monoisotopic (exact) mass is 697 g/mol. The molecule has 0 spiro atoms. The average Bonchev–Trinajstić information content (AvgIpc) is 3.05. The molecule has 6 rings (SSSR count). The fraction of sp³-hybridized carbons (Fsp3) is 0.441. The van der Waals surface area contributed by atoms with E-state index in [1.807, 2.05) is 0 Å². The van der Waals surface area contributed by atoms with Gasteiger partial charge in [-0.15, -0.1) is 0 Å². The molecule has 6 N–H and O–H groups in total. The number of benzene rings is 2. The lowest BCUT2D eigenvalue weighted by atomic mass is 9.56. The molecule has 16 heteroatoms. The topological polar surface area (TPSA) is 245 Å². The predicted molar refractivity (Wildman–Crippen MR) is 166 cm³/mol. The summed E-state index contributed by atoms with van der Waals surface area (Å²) in [6.45, 7) is 3.06. The van der Waals surface area contributed by atoms with Crippen LogP contribution in [0.4, 0.5) is 0 Å². The van der Waals surface area contributed by atoms with Crippen molar-refractivity contribution in [3.8, 4) is 11.5 Å². The average molecular weight is 698 g/mol. The van der Waals surface area contributed by atoms with Gasteiger partial charge in [-0.1, -0.05) is 6.07 Å². The number of aromatic hydroxyl groups is 2. The molecule has 2 aromatic rings. The number of ketones is 4. The molecule has 2 aromatic carbocycles. The van der Waals surface area contributed by atoms with E-state index >= 15 is 0 Å². The number of aliphatic hydroxyl groups is 3. The number of allylic oxidation sites excluding steroid dienone is 2. The lowest BCUT2D eigenvalue weighted by Gasteiger charge is -2.52. The van der Waals surface area contributed by atoms with Gasteiger partial charge in [-0.2, -0.15) is 0 Å². The Bertz CT molecular complexity index is 1920. The molecule has 3 unspecified atom stereocenters. The van der Waals surface area contributed by atoms with Crippen LogP contribution in [0.15, 0.2) is 23.9 Å². The molecule has 1 fully saturated rings. The van der Waals surface area contributed by atoms with Crippen molar-refractivity contribution in [3.63, 3.8) is 0 Å². The van der Waals surface area contributed by atoms with Gasteiger partial charge in [0.1, 0.15) is 35.4 Å². The molecule has 0 aromatic heterocycles. The van der Waals surface area contributed by atoms with Crippen LogP contribution in [-0.4, -0.2) is 125 Å². The van der Waals surface area contributed by atoms with Crippen LogP contribution in [0.3, 0.4) is 0 Å². The van der Waals surface area contributed by atoms with Crippen molar-refractivity contribution in [1.29, 1.82) is 0 Å². The lowest BCUT2D eigenvalue weighted by Crippen LogP contribution is -2.73. The quantitative estimate of drug-likeness (QED) is 0.213. The summed E-state index contributed by atoms with van der Waals surface area (Å²) in [5.41, 5.74) is -10.1. The number of aliphatic hydroxyl groups excluding tert-OH is 2. The number of nitrogens with one attached hydrogen (secondary N) is 1. The Morgan fingerprint density at radius 2 is 1.60 bits per heavy atom. The van der Waals surface area contributed by atoms with Gasteiger partial charge in [0.2, 0.25) is 17.3 Å². The summed E-state index contributed by atoms with van der Waals surface area (Å²) >= 11 is 0. The van der Waals surface area contributed by atoms with Crippen LogP contribution in [-0.2, 0) is 35.7 Å². The van der Waals surface area contributed by atoms with E-state index in [1.165, 1.54) is 27.2 Å². The van der Waals surface area contributed by atoms with Crippen LogP contribution in [0.2, 0.25) is 0 Å². The van der Waals surface area contributed by atoms with Gasteiger partial charge in [0.25, 0.3) is 0 Å². The van der Waals surface area contributed by atoms with Crippen molar-refractivity contribution in [1.82, 2.24) is 5.32 Å². The van der Waals surface area contributed by atoms with E-state index in [4.69, 9.17) is 23.7 Å². The van der Waals surface area contributed by atoms with Gasteiger partial charge >= 0.3 is 5.97 Å². The SMILES string of the molecule is COC(=O)c1c(C)cc2c(c1O)C1(O)C(=O)c3cc4c(c(O)c3C(=O)C1(OC)[C@@H](O)C2)C(=O)C=C(N[C@H]1O[C@@H](C)C(OC)[C@@H](O)[C@H]1OC)C4=O. The Morgan fingerprint density at radius 1 is 0.940 bits per heavy atom. The summed E-state index contributed by atoms with van der Waals surface area (Å²) < 4.78 is 26.8. The van der Waals surface area contributed by atoms with Crippen LogP contribution in [0.1, 0.15) is 75.4 Å². The number of hydrogen-bond donors (Lipinski definition) is 6. The third-order valence-corrected chi connectivity index (χ3v) is 10.2. The number of esters is 1. The molecule has 266 valence electrons. The first-order chi connectivity index (χ1) is 23.6. The molecule has 50 heavy (non-hydrogen) atoms. The predicted octanol–water partition coefficient (Wildman–Crippen LogP) is -0.250. The van der Waals surface area contributed by atoms with Gasteiger partial charge < -0.3 is 54.5 Å². The Hall–Kier alpha value is -4.55. The standard InChI is InChI=1S/C34H35NO15/c1-11-7-13-8-18(37)34(49-6)30(43)21-15(29(42)33(34,45)22(13)25(40)19(11)32(44)48-5)9-14-20(24(21)39)17(36)10-16(23(14)38)35-31-28(47-4)26(41)27(46-3)12(2)50-31/h7,9-10,12,18,26-28,31,35,37,39-41,45H,8H2,1-6H3/t12-,18-,26+,27?,28+,31-,33?,34?/m0/s1. The molecule has 0 bridgehead atoms. The van der Waals surface area contributed by atoms with E-state index in [0.717, 1.165) is 26.4 Å². The third kappa shape index (κ3) is 4.40. The highest BCUT2D eigenvalue weighted by molar-refractivity contribution is 6.31. The molecule has 1 aliphatic heterocycles. The van der Waals surface area contributed by atoms with Crippen molar-refractivity contribution in [3.05, 3.63) is 68.4 Å². The number of ether oxygens (including phenoxy) is 5. The second-order valence-corrected chi connectivity index (χ2v) is 12.6. The number of fused-ring (bicyclic) bond motifs is 5. The number of rotatable bonds is 6. The maximum atomic E-state index is 14.6. The summed E-state index contributed by atoms with van der Waals surface area (Å²) in [7, 11) is 4.62. The fourth-order valence-corrected chi connectivity index (χ4v) is 7.85. The molecule has 1 saturated heterocycles. The van der Waals surface area contributed by atoms with E-state index in [9.17, 15) is 49.5 Å². The normalized spacial score (nSPS) is 31.7. The van der Waals surface area contributed by atoms with Crippen LogP contribution in [0.5, 0.6) is 11.5 Å². The smallest absolute Gasteiger partial charge is 0.341 e. The minimum absolute atomic E-state index is 0.00455. The molecule has 1 heterocycles. The highest BCUT2D eigenvalue weighted by Crippen LogP contribution is 2.56. The number of hydrogen-bond acceptors (Lipinski definition) is 16. The lowest BCUT2D eigenvalue weighted by molar-refractivity contribution is -0.236. The zero-order chi connectivity index (χ0) is 36.8. The van der Waals surface area contributed by atoms with Gasteiger partial charge in [-0.05, 0) is 31.0 Å². The number of carbonyl (C=O) groups excluding carboxylic acids is 5. The number of phenolic OH excluding ortho intramolecular Hbond substituents is 2. The van der Waals surface area contributed by atoms with Crippen LogP contribution >= 0.6 is 0 Å². The van der Waals surface area contributed by atoms with Crippen molar-refractivity contribution in [2.24, 2.45) is 0 Å². The first-order valence-electron chi connectivity index (χ1n) is 15.4. The molecular weight excluding hydrogens is 662 g/mol. The highest BCUT2D eigenvalue weighted by Gasteiger charge is 2.72. The second-order valence-electron chi connectivity index (χ2n) is 12.6. The maximum Gasteiger partial charge on any atom is 0.341 e. The number of Topliss-reactive ketones (excluding diaryl/α,β-unsaturated/α-hetero) is 3. The van der Waals surface area contributed by atoms with Crippen molar-refractivity contribution in [2.75, 3.05) is 28.4 Å². The van der Waals surface area contributed by atoms with Gasteiger partial charge in [0.05, 0.1) is 36.1 Å². The first-order valence-corrected chi connectivity index (χ1v) is 15.4. The van der Waals surface area contributed by atoms with Crippen molar-refractivity contribution in [2.45, 2.75) is 68.2 Å². The van der Waals surface area contributed by atoms with E-state index in [-0.39, 0.29) is 16.8 Å². The summed E-state index contributed by atoms with van der Waals surface area (Å²) in [6.07, 6.45) is -6.55. The third-order valence-electron chi connectivity index (χ3n) is 10.2. The highest BCUT2D eigenvalue weighted by atomic mass is 16.6. The van der Waals surface area contributed by atoms with E-state index in [1.54, 1.807) is 6.92 Å². The molecular formula is C34H35NO15. The van der Waals surface area contributed by atoms with Crippen molar-refractivity contribution < 1.29 is 73.2 Å². The minimum atomic E-state index is -3.23. The van der Waals surface area contributed by atoms with Gasteiger partial charge in [-0.25, -0.2) is 4.79 Å². The molecule has 4 aliphatic rings. The number of carbonyl (C=O) groups is 5. The Labute approximate surface area is 284 Å². The van der Waals surface area contributed by atoms with Gasteiger partial charge in [0, 0.05) is 50.5 Å². The molecule has 0 amide bonds. The number of aryl methyl sites for hydroxylation is 1. The molecule has 0 saturated carbocycles.